The number of aromatic nitrogens is 2. The van der Waals surface area contributed by atoms with Crippen LogP contribution in [0.15, 0.2) is 75.5 Å². The van der Waals surface area contributed by atoms with Crippen LogP contribution in [0.3, 0.4) is 0 Å². The van der Waals surface area contributed by atoms with Crippen LogP contribution in [0, 0.1) is 11.3 Å². The van der Waals surface area contributed by atoms with Gasteiger partial charge in [0.25, 0.3) is 5.56 Å². The van der Waals surface area contributed by atoms with E-state index in [0.29, 0.717) is 16.9 Å². The molecule has 0 aliphatic carbocycles. The molecule has 0 unspecified atom stereocenters. The second-order valence-corrected chi connectivity index (χ2v) is 7.29. The van der Waals surface area contributed by atoms with Gasteiger partial charge in [-0.15, -0.1) is 0 Å². The minimum Gasteiger partial charge on any atom is -0.448 e. The maximum absolute atomic E-state index is 13.1. The molecule has 8 nitrogen and oxygen atoms in total. The largest absolute Gasteiger partial charge is 0.448 e. The van der Waals surface area contributed by atoms with Crippen LogP contribution in [-0.2, 0) is 11.3 Å². The minimum atomic E-state index is -0.483. The summed E-state index contributed by atoms with van der Waals surface area (Å²) in [6, 6.07) is 16.9. The molecule has 0 fully saturated rings. The van der Waals surface area contributed by atoms with Gasteiger partial charge >= 0.3 is 0 Å². The van der Waals surface area contributed by atoms with Crippen LogP contribution in [0.25, 0.3) is 22.1 Å². The first-order valence-corrected chi connectivity index (χ1v) is 9.62. The predicted molar refractivity (Wildman–Crippen MR) is 117 cm³/mol. The van der Waals surface area contributed by atoms with Crippen LogP contribution in [0.1, 0.15) is 0 Å². The van der Waals surface area contributed by atoms with E-state index >= 15 is 0 Å². The number of nitrogens with zero attached hydrogens (tertiary/aromatic N) is 5. The molecule has 1 aliphatic rings. The molecule has 152 valence electrons. The molecule has 4 aromatic rings. The molecule has 0 spiro atoms. The molecule has 5 rings (SSSR count). The zero-order valence-electron chi connectivity index (χ0n) is 16.9. The third kappa shape index (κ3) is 2.71. The smallest absolute Gasteiger partial charge is 0.297 e. The highest BCUT2D eigenvalue weighted by Crippen LogP contribution is 2.40. The molecule has 8 heteroatoms. The summed E-state index contributed by atoms with van der Waals surface area (Å²) in [4.78, 5) is 33.9. The highest BCUT2D eigenvalue weighted by molar-refractivity contribution is 6.03. The van der Waals surface area contributed by atoms with Crippen molar-refractivity contribution in [1.29, 1.82) is 5.26 Å². The van der Waals surface area contributed by atoms with E-state index in [1.165, 1.54) is 10.9 Å². The van der Waals surface area contributed by atoms with Gasteiger partial charge in [-0.3, -0.25) is 14.2 Å². The molecule has 0 saturated carbocycles. The van der Waals surface area contributed by atoms with E-state index in [-0.39, 0.29) is 17.7 Å². The SMILES string of the molecule is CN1C(=C(C#N)C(=O)Cn2cnc3c(oc4ccccc43)c2=O)N(C)c2ccccc21. The van der Waals surface area contributed by atoms with Crippen LogP contribution in [0.5, 0.6) is 0 Å². The number of rotatable bonds is 3. The number of anilines is 2. The van der Waals surface area contributed by atoms with Crippen molar-refractivity contribution >= 4 is 39.2 Å². The summed E-state index contributed by atoms with van der Waals surface area (Å²) in [6.07, 6.45) is 1.32. The molecular weight excluding hydrogens is 394 g/mol. The van der Waals surface area contributed by atoms with Crippen LogP contribution < -0.4 is 15.4 Å². The summed E-state index contributed by atoms with van der Waals surface area (Å²) < 4.78 is 6.84. The summed E-state index contributed by atoms with van der Waals surface area (Å²) in [5, 5.41) is 10.5. The molecular formula is C23H17N5O3. The van der Waals surface area contributed by atoms with Gasteiger partial charge in [0.15, 0.2) is 5.78 Å². The molecule has 0 amide bonds. The number of hydrogen-bond acceptors (Lipinski definition) is 7. The Bertz CT molecular complexity index is 1470. The highest BCUT2D eigenvalue weighted by atomic mass is 16.3. The Morgan fingerprint density at radius 3 is 2.39 bits per heavy atom. The zero-order valence-corrected chi connectivity index (χ0v) is 16.9. The van der Waals surface area contributed by atoms with Gasteiger partial charge < -0.3 is 14.2 Å². The van der Waals surface area contributed by atoms with Gasteiger partial charge in [0.1, 0.15) is 28.6 Å². The number of carbonyl (C=O) groups excluding carboxylic acids is 1. The van der Waals surface area contributed by atoms with Crippen molar-refractivity contribution in [3.8, 4) is 6.07 Å². The Labute approximate surface area is 176 Å². The number of fused-ring (bicyclic) bond motifs is 4. The lowest BCUT2D eigenvalue weighted by Gasteiger charge is -2.20. The monoisotopic (exact) mass is 411 g/mol. The standard InChI is InChI=1S/C23H17N5O3/c1-26-16-8-4-5-9-17(16)27(2)22(26)15(11-24)18(29)12-28-13-25-20-14-7-3-6-10-19(14)31-21(20)23(28)30/h3-10,13H,12H2,1-2H3. The lowest BCUT2D eigenvalue weighted by Crippen LogP contribution is -2.29. The summed E-state index contributed by atoms with van der Waals surface area (Å²) in [7, 11) is 3.60. The van der Waals surface area contributed by atoms with Crippen molar-refractivity contribution in [2.45, 2.75) is 6.54 Å². The van der Waals surface area contributed by atoms with E-state index in [1.807, 2.05) is 48.5 Å². The summed E-state index contributed by atoms with van der Waals surface area (Å²) in [5.41, 5.74) is 2.38. The summed E-state index contributed by atoms with van der Waals surface area (Å²) in [5.74, 6) is -0.0112. The number of para-hydroxylation sites is 3. The number of ketones is 1. The molecule has 1 aliphatic heterocycles. The van der Waals surface area contributed by atoms with Gasteiger partial charge in [-0.05, 0) is 24.3 Å². The first-order chi connectivity index (χ1) is 15.0. The lowest BCUT2D eigenvalue weighted by molar-refractivity contribution is -0.115. The van der Waals surface area contributed by atoms with Crippen LogP contribution >= 0.6 is 0 Å². The molecule has 0 atom stereocenters. The van der Waals surface area contributed by atoms with E-state index < -0.39 is 11.3 Å². The number of benzene rings is 2. The molecule has 0 N–H and O–H groups in total. The van der Waals surface area contributed by atoms with Gasteiger partial charge in [0, 0.05) is 19.5 Å². The number of Topliss-reactive ketones (excluding diaryl/α,β-unsaturated/α-hetero) is 1. The average Bonchev–Trinajstić information content (AvgIpc) is 3.28. The fraction of sp³-hybridized carbons (Fsp3) is 0.130. The average molecular weight is 411 g/mol. The van der Waals surface area contributed by atoms with E-state index in [0.717, 1.165) is 16.8 Å². The van der Waals surface area contributed by atoms with Crippen molar-refractivity contribution < 1.29 is 9.21 Å². The Hall–Kier alpha value is -4.38. The zero-order chi connectivity index (χ0) is 21.7. The first-order valence-electron chi connectivity index (χ1n) is 9.62. The quantitative estimate of drug-likeness (QED) is 0.378. The lowest BCUT2D eigenvalue weighted by atomic mass is 10.1. The molecule has 31 heavy (non-hydrogen) atoms. The predicted octanol–water partition coefficient (Wildman–Crippen LogP) is 3.03. The summed E-state index contributed by atoms with van der Waals surface area (Å²) >= 11 is 0. The van der Waals surface area contributed by atoms with Crippen molar-refractivity contribution in [2.75, 3.05) is 23.9 Å². The molecule has 2 aromatic heterocycles. The normalized spacial score (nSPS) is 13.0. The Morgan fingerprint density at radius 1 is 1.06 bits per heavy atom. The number of carbonyl (C=O) groups is 1. The Kier molecular flexibility index (Phi) is 4.12. The number of furan rings is 1. The van der Waals surface area contributed by atoms with E-state index in [9.17, 15) is 14.9 Å². The Morgan fingerprint density at radius 2 is 1.71 bits per heavy atom. The van der Waals surface area contributed by atoms with Gasteiger partial charge in [-0.2, -0.15) is 5.26 Å². The van der Waals surface area contributed by atoms with Crippen molar-refractivity contribution in [3.05, 3.63) is 76.6 Å². The third-order valence-electron chi connectivity index (χ3n) is 5.52. The third-order valence-corrected chi connectivity index (χ3v) is 5.52. The molecule has 0 saturated heterocycles. The second kappa shape index (κ2) is 6.85. The first kappa shape index (κ1) is 18.6. The fourth-order valence-corrected chi connectivity index (χ4v) is 4.02. The van der Waals surface area contributed by atoms with Crippen LogP contribution in [-0.4, -0.2) is 29.4 Å². The van der Waals surface area contributed by atoms with Crippen LogP contribution in [0.4, 0.5) is 11.4 Å². The second-order valence-electron chi connectivity index (χ2n) is 7.29. The van der Waals surface area contributed by atoms with Crippen molar-refractivity contribution in [1.82, 2.24) is 9.55 Å². The van der Waals surface area contributed by atoms with E-state index in [1.54, 1.807) is 30.0 Å². The van der Waals surface area contributed by atoms with E-state index in [4.69, 9.17) is 4.42 Å². The molecule has 0 bridgehead atoms. The molecule has 2 aromatic carbocycles. The van der Waals surface area contributed by atoms with Gasteiger partial charge in [0.05, 0.1) is 24.2 Å². The van der Waals surface area contributed by atoms with Gasteiger partial charge in [0.2, 0.25) is 5.58 Å². The molecule has 0 radical (unpaired) electrons. The fourth-order valence-electron chi connectivity index (χ4n) is 4.02. The summed E-state index contributed by atoms with van der Waals surface area (Å²) in [6.45, 7) is -0.316. The number of nitriles is 1. The Balaban J connectivity index is 1.55. The minimum absolute atomic E-state index is 0.0298. The highest BCUT2D eigenvalue weighted by Gasteiger charge is 2.31. The number of hydrogen-bond donors (Lipinski definition) is 0. The van der Waals surface area contributed by atoms with Gasteiger partial charge in [-0.25, -0.2) is 4.98 Å². The maximum Gasteiger partial charge on any atom is 0.297 e. The topological polar surface area (TPSA) is 95.4 Å². The number of allylic oxidation sites excluding steroid dienone is 1. The van der Waals surface area contributed by atoms with Crippen LogP contribution in [0.2, 0.25) is 0 Å². The van der Waals surface area contributed by atoms with Crippen molar-refractivity contribution in [2.24, 2.45) is 0 Å². The molecule has 3 heterocycles. The van der Waals surface area contributed by atoms with Crippen molar-refractivity contribution in [3.63, 3.8) is 0 Å². The maximum atomic E-state index is 13.1. The van der Waals surface area contributed by atoms with E-state index in [2.05, 4.69) is 4.98 Å². The van der Waals surface area contributed by atoms with Gasteiger partial charge in [-0.1, -0.05) is 24.3 Å².